The number of nitrogens with zero attached hydrogens (tertiary/aromatic N) is 1. The summed E-state index contributed by atoms with van der Waals surface area (Å²) >= 11 is 0. The van der Waals surface area contributed by atoms with Gasteiger partial charge in [-0.05, 0) is 56.2 Å². The molecule has 1 N–H and O–H groups in total. The second-order valence-corrected chi connectivity index (χ2v) is 7.03. The lowest BCUT2D eigenvalue weighted by molar-refractivity contribution is -0.123. The smallest absolute Gasteiger partial charge is 0.339 e. The van der Waals surface area contributed by atoms with Crippen LogP contribution in [0.3, 0.4) is 0 Å². The fourth-order valence-electron chi connectivity index (χ4n) is 2.47. The third kappa shape index (κ3) is 6.52. The van der Waals surface area contributed by atoms with E-state index in [-0.39, 0.29) is 5.56 Å². The quantitative estimate of drug-likeness (QED) is 0.623. The maximum Gasteiger partial charge on any atom is 0.339 e. The number of hydrogen-bond donors (Lipinski definition) is 1. The van der Waals surface area contributed by atoms with E-state index < -0.39 is 18.0 Å². The highest BCUT2D eigenvalue weighted by Crippen LogP contribution is 2.29. The third-order valence-corrected chi connectivity index (χ3v) is 3.96. The average molecular weight is 410 g/mol. The zero-order valence-electron chi connectivity index (χ0n) is 17.6. The summed E-state index contributed by atoms with van der Waals surface area (Å²) in [6, 6.07) is 13.2. The number of rotatable bonds is 9. The van der Waals surface area contributed by atoms with Gasteiger partial charge in [-0.25, -0.2) is 4.79 Å². The van der Waals surface area contributed by atoms with Crippen molar-refractivity contribution in [2.45, 2.75) is 33.8 Å². The van der Waals surface area contributed by atoms with E-state index in [4.69, 9.17) is 19.5 Å². The molecule has 0 saturated heterocycles. The first kappa shape index (κ1) is 22.8. The molecule has 0 radical (unpaired) electrons. The van der Waals surface area contributed by atoms with Crippen molar-refractivity contribution in [1.82, 2.24) is 0 Å². The van der Waals surface area contributed by atoms with E-state index in [1.807, 2.05) is 26.8 Å². The number of nitrogens with one attached hydrogen (secondary N) is 1. The van der Waals surface area contributed by atoms with Crippen LogP contribution in [0.4, 0.5) is 5.69 Å². The van der Waals surface area contributed by atoms with Gasteiger partial charge in [0.05, 0.1) is 30.4 Å². The van der Waals surface area contributed by atoms with Crippen LogP contribution >= 0.6 is 0 Å². The van der Waals surface area contributed by atoms with Crippen molar-refractivity contribution in [3.8, 4) is 17.6 Å². The maximum absolute atomic E-state index is 12.5. The summed E-state index contributed by atoms with van der Waals surface area (Å²) in [5.74, 6) is 0.181. The van der Waals surface area contributed by atoms with Crippen LogP contribution in [0.25, 0.3) is 0 Å². The van der Waals surface area contributed by atoms with Crippen LogP contribution in [0, 0.1) is 17.2 Å². The highest BCUT2D eigenvalue weighted by Gasteiger charge is 2.20. The van der Waals surface area contributed by atoms with Crippen molar-refractivity contribution < 1.29 is 23.8 Å². The Labute approximate surface area is 176 Å². The molecule has 0 bridgehead atoms. The monoisotopic (exact) mass is 410 g/mol. The molecule has 30 heavy (non-hydrogen) atoms. The predicted molar refractivity (Wildman–Crippen MR) is 113 cm³/mol. The van der Waals surface area contributed by atoms with Crippen LogP contribution in [0.5, 0.6) is 11.5 Å². The van der Waals surface area contributed by atoms with Gasteiger partial charge in [0.1, 0.15) is 0 Å². The molecule has 0 spiro atoms. The summed E-state index contributed by atoms with van der Waals surface area (Å²) in [5.41, 5.74) is 1.12. The average Bonchev–Trinajstić information content (AvgIpc) is 2.72. The van der Waals surface area contributed by atoms with Crippen LogP contribution in [-0.4, -0.2) is 31.2 Å². The summed E-state index contributed by atoms with van der Waals surface area (Å²) in [5, 5.41) is 11.6. The Hall–Kier alpha value is -3.53. The lowest BCUT2D eigenvalue weighted by Crippen LogP contribution is -2.30. The highest BCUT2D eigenvalue weighted by molar-refractivity contribution is 5.97. The minimum absolute atomic E-state index is 0.251. The van der Waals surface area contributed by atoms with E-state index in [0.717, 1.165) is 0 Å². The fourth-order valence-corrected chi connectivity index (χ4v) is 2.47. The van der Waals surface area contributed by atoms with Crippen LogP contribution < -0.4 is 14.8 Å². The number of amides is 1. The van der Waals surface area contributed by atoms with E-state index in [1.165, 1.54) is 13.0 Å². The molecular weight excluding hydrogens is 384 g/mol. The Bertz CT molecular complexity index is 933. The molecule has 1 amide bonds. The number of carbonyl (C=O) groups excluding carboxylic acids is 2. The number of anilines is 1. The molecule has 0 aromatic heterocycles. The lowest BCUT2D eigenvalue weighted by Gasteiger charge is -2.16. The second-order valence-electron chi connectivity index (χ2n) is 7.03. The second kappa shape index (κ2) is 10.9. The Kier molecular flexibility index (Phi) is 8.24. The molecule has 0 aliphatic rings. The lowest BCUT2D eigenvalue weighted by atomic mass is 10.2. The topological polar surface area (TPSA) is 97.6 Å². The fraction of sp³-hybridized carbons (Fsp3) is 0.348. The van der Waals surface area contributed by atoms with Gasteiger partial charge < -0.3 is 19.5 Å². The van der Waals surface area contributed by atoms with E-state index in [1.54, 1.807) is 36.4 Å². The van der Waals surface area contributed by atoms with Gasteiger partial charge in [0.25, 0.3) is 5.91 Å². The summed E-state index contributed by atoms with van der Waals surface area (Å²) < 4.78 is 16.6. The van der Waals surface area contributed by atoms with Gasteiger partial charge in [-0.3, -0.25) is 4.79 Å². The summed E-state index contributed by atoms with van der Waals surface area (Å²) in [6.45, 7) is 8.32. The van der Waals surface area contributed by atoms with Gasteiger partial charge in [0, 0.05) is 5.69 Å². The summed E-state index contributed by atoms with van der Waals surface area (Å²) in [6.07, 6.45) is -1.03. The summed E-state index contributed by atoms with van der Waals surface area (Å²) in [7, 11) is 0. The molecular formula is C23H26N2O5. The largest absolute Gasteiger partial charge is 0.490 e. The molecule has 0 heterocycles. The van der Waals surface area contributed by atoms with Crippen molar-refractivity contribution >= 4 is 17.6 Å². The first-order valence-corrected chi connectivity index (χ1v) is 9.75. The molecule has 7 nitrogen and oxygen atoms in total. The molecule has 2 rings (SSSR count). The van der Waals surface area contributed by atoms with Crippen molar-refractivity contribution in [2.24, 2.45) is 5.92 Å². The Balaban J connectivity index is 2.05. The van der Waals surface area contributed by atoms with E-state index in [2.05, 4.69) is 5.32 Å². The van der Waals surface area contributed by atoms with Crippen molar-refractivity contribution in [3.63, 3.8) is 0 Å². The number of hydrogen-bond acceptors (Lipinski definition) is 6. The predicted octanol–water partition coefficient (Wildman–Crippen LogP) is 4.18. The van der Waals surface area contributed by atoms with E-state index in [9.17, 15) is 9.59 Å². The van der Waals surface area contributed by atoms with Crippen LogP contribution in [0.2, 0.25) is 0 Å². The number of ether oxygens (including phenoxy) is 3. The van der Waals surface area contributed by atoms with Gasteiger partial charge in [0.15, 0.2) is 17.6 Å². The first-order valence-electron chi connectivity index (χ1n) is 9.75. The number of esters is 1. The van der Waals surface area contributed by atoms with Crippen LogP contribution in [0.15, 0.2) is 42.5 Å². The minimum atomic E-state index is -1.03. The van der Waals surface area contributed by atoms with Crippen LogP contribution in [-0.2, 0) is 9.53 Å². The highest BCUT2D eigenvalue weighted by atomic mass is 16.5. The van der Waals surface area contributed by atoms with Crippen molar-refractivity contribution in [2.75, 3.05) is 18.5 Å². The number of nitriles is 1. The molecule has 0 fully saturated rings. The molecule has 1 atom stereocenters. The summed E-state index contributed by atoms with van der Waals surface area (Å²) in [4.78, 5) is 24.8. The zero-order chi connectivity index (χ0) is 22.1. The van der Waals surface area contributed by atoms with Crippen molar-refractivity contribution in [3.05, 3.63) is 53.6 Å². The molecule has 0 unspecified atom stereocenters. The minimum Gasteiger partial charge on any atom is -0.490 e. The molecule has 0 aliphatic carbocycles. The van der Waals surface area contributed by atoms with Gasteiger partial charge in [0.2, 0.25) is 0 Å². The first-order chi connectivity index (χ1) is 14.3. The maximum atomic E-state index is 12.5. The molecule has 0 saturated carbocycles. The molecule has 158 valence electrons. The molecule has 7 heteroatoms. The normalized spacial score (nSPS) is 11.3. The molecule has 2 aromatic rings. The van der Waals surface area contributed by atoms with Gasteiger partial charge in [-0.15, -0.1) is 0 Å². The molecule has 2 aromatic carbocycles. The Morgan fingerprint density at radius 1 is 1.07 bits per heavy atom. The van der Waals surface area contributed by atoms with Gasteiger partial charge >= 0.3 is 5.97 Å². The number of benzene rings is 2. The van der Waals surface area contributed by atoms with Crippen molar-refractivity contribution in [1.29, 1.82) is 5.26 Å². The van der Waals surface area contributed by atoms with Crippen LogP contribution in [0.1, 0.15) is 43.6 Å². The number of carbonyl (C=O) groups is 2. The zero-order valence-corrected chi connectivity index (χ0v) is 17.6. The van der Waals surface area contributed by atoms with Gasteiger partial charge in [-0.1, -0.05) is 19.9 Å². The Morgan fingerprint density at radius 2 is 1.83 bits per heavy atom. The van der Waals surface area contributed by atoms with E-state index in [0.29, 0.717) is 41.9 Å². The Morgan fingerprint density at radius 3 is 2.50 bits per heavy atom. The van der Waals surface area contributed by atoms with Gasteiger partial charge in [-0.2, -0.15) is 5.26 Å². The molecule has 0 aliphatic heterocycles. The van der Waals surface area contributed by atoms with E-state index >= 15 is 0 Å². The standard InChI is InChI=1S/C23H26N2O5/c1-5-28-21-12-18(9-10-20(21)29-14-15(2)3)23(27)30-16(4)22(26)25-19-8-6-7-17(11-19)13-24/h6-12,15-16H,5,14H2,1-4H3,(H,25,26)/t16-/m0/s1. The third-order valence-electron chi connectivity index (χ3n) is 3.96. The SMILES string of the molecule is CCOc1cc(C(=O)O[C@@H](C)C(=O)Nc2cccc(C#N)c2)ccc1OCC(C)C.